The number of nitrogens with one attached hydrogen (secondary N) is 1. The second-order valence-corrected chi connectivity index (χ2v) is 19.3. The largest absolute Gasteiger partial charge is 0.469 e. The van der Waals surface area contributed by atoms with Crippen molar-refractivity contribution >= 4 is 45.5 Å². The van der Waals surface area contributed by atoms with E-state index in [0.29, 0.717) is 56.4 Å². The van der Waals surface area contributed by atoms with Crippen LogP contribution in [0.15, 0.2) is 36.4 Å². The van der Waals surface area contributed by atoms with Gasteiger partial charge in [0.15, 0.2) is 0 Å². The van der Waals surface area contributed by atoms with Gasteiger partial charge in [-0.25, -0.2) is 4.39 Å². The third kappa shape index (κ3) is 8.83. The van der Waals surface area contributed by atoms with E-state index in [1.54, 1.807) is 9.80 Å². The van der Waals surface area contributed by atoms with Gasteiger partial charge in [-0.05, 0) is 148 Å². The first-order chi connectivity index (χ1) is 31.1. The van der Waals surface area contributed by atoms with Crippen LogP contribution in [0.4, 0.5) is 4.39 Å². The molecule has 4 aliphatic heterocycles. The van der Waals surface area contributed by atoms with Gasteiger partial charge < -0.3 is 38.5 Å². The number of carbonyl (C=O) groups excluding carboxylic acids is 4. The molecule has 0 saturated carbocycles. The van der Waals surface area contributed by atoms with Gasteiger partial charge in [-0.3, -0.25) is 19.2 Å². The molecule has 6 aliphatic rings. The Labute approximate surface area is 376 Å². The van der Waals surface area contributed by atoms with Crippen molar-refractivity contribution in [2.75, 3.05) is 72.9 Å². The maximum atomic E-state index is 13.3. The van der Waals surface area contributed by atoms with Crippen LogP contribution in [-0.2, 0) is 63.6 Å². The molecule has 12 nitrogen and oxygen atoms in total. The number of rotatable bonds is 8. The minimum Gasteiger partial charge on any atom is -0.469 e. The maximum absolute atomic E-state index is 13.3. The molecular weight excluding hydrogens is 814 g/mol. The highest BCUT2D eigenvalue weighted by Crippen LogP contribution is 2.41. The number of benzene rings is 2. The van der Waals surface area contributed by atoms with Gasteiger partial charge in [-0.2, -0.15) is 0 Å². The number of aryl methyl sites for hydroxylation is 2. The molecule has 2 aliphatic carbocycles. The molecule has 2 aromatic heterocycles. The topological polar surface area (TPSA) is 124 Å². The quantitative estimate of drug-likeness (QED) is 0.198. The van der Waals surface area contributed by atoms with Crippen LogP contribution in [0.3, 0.4) is 0 Å². The molecule has 4 saturated heterocycles. The van der Waals surface area contributed by atoms with Gasteiger partial charge >= 0.3 is 5.97 Å². The molecule has 64 heavy (non-hydrogen) atoms. The van der Waals surface area contributed by atoms with Crippen LogP contribution in [0.5, 0.6) is 0 Å². The SMILES string of the molecule is COC(=O)C1CCN(C(=O)c2ccc3c(c2)c2c(n3C)CCC(C3CCOCC3)C2)C1.Cn1c2c(c3cc(C(=O)N4CCC(C(=O)NCCF)C4)ccc31)CC(C1CCOCC1)CC2. The zero-order valence-electron chi connectivity index (χ0n) is 38.0. The highest BCUT2D eigenvalue weighted by molar-refractivity contribution is 6.01. The molecule has 4 aromatic rings. The molecule has 2 aromatic carbocycles. The summed E-state index contributed by atoms with van der Waals surface area (Å²) in [5.74, 6) is 2.04. The van der Waals surface area contributed by atoms with Crippen LogP contribution in [-0.4, -0.2) is 116 Å². The molecule has 10 rings (SSSR count). The van der Waals surface area contributed by atoms with Crippen molar-refractivity contribution in [1.82, 2.24) is 24.3 Å². The van der Waals surface area contributed by atoms with Gasteiger partial charge in [0.05, 0.1) is 18.9 Å². The van der Waals surface area contributed by atoms with Crippen LogP contribution >= 0.6 is 0 Å². The van der Waals surface area contributed by atoms with Crippen molar-refractivity contribution in [2.45, 2.75) is 77.0 Å². The molecule has 1 N–H and O–H groups in total. The van der Waals surface area contributed by atoms with Crippen LogP contribution in [0.2, 0.25) is 0 Å². The average Bonchev–Trinajstić information content (AvgIpc) is 4.16. The lowest BCUT2D eigenvalue weighted by molar-refractivity contribution is -0.144. The van der Waals surface area contributed by atoms with Gasteiger partial charge in [0.2, 0.25) is 5.91 Å². The Morgan fingerprint density at radius 3 is 1.59 bits per heavy atom. The maximum Gasteiger partial charge on any atom is 0.310 e. The van der Waals surface area contributed by atoms with E-state index in [2.05, 4.69) is 52.8 Å². The predicted molar refractivity (Wildman–Crippen MR) is 243 cm³/mol. The second kappa shape index (κ2) is 19.4. The van der Waals surface area contributed by atoms with Gasteiger partial charge in [0.1, 0.15) is 6.67 Å². The number of carbonyl (C=O) groups is 4. The Hall–Kier alpha value is -4.75. The molecular formula is C51H66FN5O7. The van der Waals surface area contributed by atoms with Crippen molar-refractivity contribution in [3.05, 3.63) is 70.0 Å². The number of amides is 3. The lowest BCUT2D eigenvalue weighted by Crippen LogP contribution is -2.35. The molecule has 344 valence electrons. The van der Waals surface area contributed by atoms with E-state index in [1.807, 2.05) is 12.1 Å². The zero-order chi connectivity index (χ0) is 44.5. The summed E-state index contributed by atoms with van der Waals surface area (Å²) in [6.07, 6.45) is 12.8. The van der Waals surface area contributed by atoms with Gasteiger partial charge in [-0.1, -0.05) is 0 Å². The number of aromatic nitrogens is 2. The molecule has 4 atom stereocenters. The van der Waals surface area contributed by atoms with E-state index >= 15 is 0 Å². The van der Waals surface area contributed by atoms with Crippen molar-refractivity contribution in [3.8, 4) is 0 Å². The number of hydrogen-bond donors (Lipinski definition) is 1. The summed E-state index contributed by atoms with van der Waals surface area (Å²) < 4.78 is 33.0. The average molecular weight is 880 g/mol. The van der Waals surface area contributed by atoms with Crippen molar-refractivity contribution < 1.29 is 37.8 Å². The molecule has 0 radical (unpaired) electrons. The van der Waals surface area contributed by atoms with E-state index in [-0.39, 0.29) is 42.1 Å². The van der Waals surface area contributed by atoms with Crippen LogP contribution in [0.1, 0.15) is 94.6 Å². The zero-order valence-corrected chi connectivity index (χ0v) is 38.0. The summed E-state index contributed by atoms with van der Waals surface area (Å²) in [6, 6.07) is 12.2. The fourth-order valence-corrected chi connectivity index (χ4v) is 12.2. The van der Waals surface area contributed by atoms with E-state index in [0.717, 1.165) is 82.4 Å². The minimum atomic E-state index is -0.572. The smallest absolute Gasteiger partial charge is 0.310 e. The molecule has 0 bridgehead atoms. The highest BCUT2D eigenvalue weighted by Gasteiger charge is 2.36. The first-order valence-corrected chi connectivity index (χ1v) is 24.0. The second-order valence-electron chi connectivity index (χ2n) is 19.3. The van der Waals surface area contributed by atoms with E-state index in [9.17, 15) is 23.6 Å². The summed E-state index contributed by atoms with van der Waals surface area (Å²) in [5, 5.41) is 5.03. The Morgan fingerprint density at radius 2 is 1.12 bits per heavy atom. The fraction of sp³-hybridized carbons (Fsp3) is 0.608. The van der Waals surface area contributed by atoms with E-state index < -0.39 is 6.67 Å². The normalized spacial score (nSPS) is 24.0. The van der Waals surface area contributed by atoms with Gasteiger partial charge in [0.25, 0.3) is 11.8 Å². The number of methoxy groups -OCH3 is 1. The first kappa shape index (κ1) is 44.5. The monoisotopic (exact) mass is 879 g/mol. The summed E-state index contributed by atoms with van der Waals surface area (Å²) in [7, 11) is 5.70. The standard InChI is InChI=1S/C26H34FN3O3.C25H32N2O4/c1-29-23-4-2-18(17-7-12-33-13-8-17)14-21(23)22-15-19(3-5-24(22)29)26(32)30-11-6-20(16-30)25(31)28-10-9-27;1-26-22-5-3-17(16-8-11-31-12-9-16)13-20(22)21-14-18(4-6-23(21)26)24(28)27-10-7-19(15-27)25(29)30-2/h3,5,15,17-18,20H,2,4,6-14,16H2,1H3,(H,28,31);4,6,14,16-17,19H,3,5,7-13,15H2,1-2H3. The number of nitrogens with zero attached hydrogens (tertiary/aromatic N) is 4. The highest BCUT2D eigenvalue weighted by atomic mass is 19.1. The molecule has 0 spiro atoms. The van der Waals surface area contributed by atoms with Crippen LogP contribution in [0, 0.1) is 35.5 Å². The first-order valence-electron chi connectivity index (χ1n) is 24.0. The lowest BCUT2D eigenvalue weighted by Gasteiger charge is -2.33. The summed E-state index contributed by atoms with van der Waals surface area (Å²) in [5.41, 5.74) is 9.49. The fourth-order valence-electron chi connectivity index (χ4n) is 12.2. The minimum absolute atomic E-state index is 0.0164. The number of esters is 1. The van der Waals surface area contributed by atoms with Crippen molar-refractivity contribution in [2.24, 2.45) is 49.6 Å². The molecule has 6 heterocycles. The predicted octanol–water partition coefficient (Wildman–Crippen LogP) is 6.60. The third-order valence-electron chi connectivity index (χ3n) is 15.9. The Balaban J connectivity index is 0.000000162. The molecule has 4 fully saturated rings. The molecule has 13 heteroatoms. The van der Waals surface area contributed by atoms with E-state index in [4.69, 9.17) is 14.2 Å². The molecule has 4 unspecified atom stereocenters. The van der Waals surface area contributed by atoms with Crippen LogP contribution < -0.4 is 5.32 Å². The summed E-state index contributed by atoms with van der Waals surface area (Å²) >= 11 is 0. The van der Waals surface area contributed by atoms with Gasteiger partial charge in [0, 0.05) is 118 Å². The lowest BCUT2D eigenvalue weighted by atomic mass is 9.75. The number of likely N-dealkylation sites (tertiary alicyclic amines) is 2. The number of fused-ring (bicyclic) bond motifs is 6. The third-order valence-corrected chi connectivity index (χ3v) is 15.9. The Morgan fingerprint density at radius 1 is 0.656 bits per heavy atom. The number of alkyl halides is 1. The van der Waals surface area contributed by atoms with Crippen molar-refractivity contribution in [3.63, 3.8) is 0 Å². The number of ether oxygens (including phenoxy) is 3. The summed E-state index contributed by atoms with van der Waals surface area (Å²) in [6.45, 7) is 5.02. The van der Waals surface area contributed by atoms with Crippen molar-refractivity contribution in [1.29, 1.82) is 0 Å². The Bertz CT molecular complexity index is 2380. The van der Waals surface area contributed by atoms with Gasteiger partial charge in [-0.15, -0.1) is 0 Å². The number of hydrogen-bond acceptors (Lipinski definition) is 7. The number of halogens is 1. The summed E-state index contributed by atoms with van der Waals surface area (Å²) in [4.78, 5) is 54.0. The molecule has 3 amide bonds. The Kier molecular flexibility index (Phi) is 13.5. The van der Waals surface area contributed by atoms with E-state index in [1.165, 1.54) is 77.1 Å². The van der Waals surface area contributed by atoms with Crippen LogP contribution in [0.25, 0.3) is 21.8 Å².